The zero-order chi connectivity index (χ0) is 42.5. The minimum absolute atomic E-state index is 0.534. The molecule has 0 spiro atoms. The lowest BCUT2D eigenvalue weighted by atomic mass is 9.68. The van der Waals surface area contributed by atoms with Gasteiger partial charge in [0.1, 0.15) is 0 Å². The first kappa shape index (κ1) is 37.5. The highest BCUT2D eigenvalue weighted by Crippen LogP contribution is 2.60. The van der Waals surface area contributed by atoms with E-state index in [4.69, 9.17) is 0 Å². The molecular weight excluding hydrogens is 771 g/mol. The van der Waals surface area contributed by atoms with E-state index >= 15 is 0 Å². The van der Waals surface area contributed by atoms with E-state index < -0.39 is 5.41 Å². The van der Waals surface area contributed by atoms with Crippen LogP contribution in [0.15, 0.2) is 261 Å². The molecule has 0 unspecified atom stereocenters. The largest absolute Gasteiger partial charge is 0.309 e. The van der Waals surface area contributed by atoms with Gasteiger partial charge in [-0.2, -0.15) is 0 Å². The van der Waals surface area contributed by atoms with E-state index in [-0.39, 0.29) is 0 Å². The van der Waals surface area contributed by atoms with E-state index in [1.807, 2.05) is 0 Å². The molecule has 1 aliphatic carbocycles. The van der Waals surface area contributed by atoms with E-state index in [1.54, 1.807) is 0 Å². The molecule has 11 aromatic carbocycles. The summed E-state index contributed by atoms with van der Waals surface area (Å²) in [7, 11) is 0. The Balaban J connectivity index is 1.15. The number of fused-ring (bicyclic) bond motifs is 5. The van der Waals surface area contributed by atoms with Crippen molar-refractivity contribution in [2.75, 3.05) is 4.90 Å². The van der Waals surface area contributed by atoms with Gasteiger partial charge < -0.3 is 4.90 Å². The minimum Gasteiger partial charge on any atom is -0.309 e. The smallest absolute Gasteiger partial charge is 0.0714 e. The molecule has 1 aliphatic rings. The van der Waals surface area contributed by atoms with E-state index in [1.165, 1.54) is 82.7 Å². The van der Waals surface area contributed by atoms with Crippen molar-refractivity contribution in [2.45, 2.75) is 5.41 Å². The molecule has 0 atom stereocenters. The normalized spacial score (nSPS) is 12.5. The summed E-state index contributed by atoms with van der Waals surface area (Å²) in [5.74, 6) is 0. The average molecular weight is 814 g/mol. The van der Waals surface area contributed by atoms with Gasteiger partial charge in [-0.05, 0) is 101 Å². The molecule has 0 fully saturated rings. The van der Waals surface area contributed by atoms with Gasteiger partial charge in [-0.15, -0.1) is 0 Å². The SMILES string of the molecule is c1ccc(-c2cccc3cccc(-c4ccccc4N(c4ccc(-c5cccc6ccccc56)cc4)c4cccc5c4-c4ccccc4C5(c4ccccc4)c4ccccc4)c23)cc1. The fourth-order valence-electron chi connectivity index (χ4n) is 10.7. The lowest BCUT2D eigenvalue weighted by Crippen LogP contribution is -2.28. The summed E-state index contributed by atoms with van der Waals surface area (Å²) in [4.78, 5) is 2.52. The quantitative estimate of drug-likeness (QED) is 0.148. The van der Waals surface area contributed by atoms with Crippen LogP contribution >= 0.6 is 0 Å². The van der Waals surface area contributed by atoms with Crippen LogP contribution < -0.4 is 4.90 Å². The Morgan fingerprint density at radius 2 is 0.766 bits per heavy atom. The first-order valence-corrected chi connectivity index (χ1v) is 22.2. The molecule has 0 amide bonds. The Bertz CT molecular complexity index is 3430. The molecule has 0 bridgehead atoms. The van der Waals surface area contributed by atoms with Crippen molar-refractivity contribution in [3.05, 3.63) is 283 Å². The third kappa shape index (κ3) is 5.93. The minimum atomic E-state index is -0.534. The van der Waals surface area contributed by atoms with Crippen LogP contribution in [0.3, 0.4) is 0 Å². The Kier molecular flexibility index (Phi) is 9.13. The third-order valence-corrected chi connectivity index (χ3v) is 13.4. The summed E-state index contributed by atoms with van der Waals surface area (Å²) in [5.41, 5.74) is 17.5. The third-order valence-electron chi connectivity index (χ3n) is 13.4. The summed E-state index contributed by atoms with van der Waals surface area (Å²) in [6.07, 6.45) is 0. The van der Waals surface area contributed by atoms with E-state index in [0.29, 0.717) is 0 Å². The number of hydrogen-bond acceptors (Lipinski definition) is 1. The maximum absolute atomic E-state index is 2.52. The van der Waals surface area contributed by atoms with Gasteiger partial charge in [0.05, 0.1) is 16.8 Å². The van der Waals surface area contributed by atoms with Gasteiger partial charge in [0, 0.05) is 16.8 Å². The van der Waals surface area contributed by atoms with Crippen LogP contribution in [-0.4, -0.2) is 0 Å². The summed E-state index contributed by atoms with van der Waals surface area (Å²) >= 11 is 0. The van der Waals surface area contributed by atoms with Crippen molar-refractivity contribution in [2.24, 2.45) is 0 Å². The maximum Gasteiger partial charge on any atom is 0.0714 e. The highest BCUT2D eigenvalue weighted by atomic mass is 15.1. The maximum atomic E-state index is 2.52. The lowest BCUT2D eigenvalue weighted by Gasteiger charge is -2.34. The Labute approximate surface area is 374 Å². The van der Waals surface area contributed by atoms with Gasteiger partial charge in [0.15, 0.2) is 0 Å². The topological polar surface area (TPSA) is 3.24 Å². The van der Waals surface area contributed by atoms with E-state index in [9.17, 15) is 0 Å². The average Bonchev–Trinajstić information content (AvgIpc) is 3.69. The van der Waals surface area contributed by atoms with Crippen LogP contribution in [0.5, 0.6) is 0 Å². The number of anilines is 3. The summed E-state index contributed by atoms with van der Waals surface area (Å²) in [5, 5.41) is 4.94. The van der Waals surface area contributed by atoms with Crippen LogP contribution in [0.2, 0.25) is 0 Å². The van der Waals surface area contributed by atoms with Gasteiger partial charge in [-0.3, -0.25) is 0 Å². The predicted molar refractivity (Wildman–Crippen MR) is 270 cm³/mol. The van der Waals surface area contributed by atoms with E-state index in [0.717, 1.165) is 22.6 Å². The molecule has 1 nitrogen and oxygen atoms in total. The molecule has 300 valence electrons. The van der Waals surface area contributed by atoms with Gasteiger partial charge in [-0.1, -0.05) is 237 Å². The fraction of sp³-hybridized carbons (Fsp3) is 0.0159. The monoisotopic (exact) mass is 813 g/mol. The number of hydrogen-bond donors (Lipinski definition) is 0. The predicted octanol–water partition coefficient (Wildman–Crippen LogP) is 16.8. The molecule has 12 rings (SSSR count). The molecule has 0 radical (unpaired) electrons. The van der Waals surface area contributed by atoms with Gasteiger partial charge >= 0.3 is 0 Å². The standard InChI is InChI=1S/C63H43N/c1-4-20-45(21-5-1)53-34-17-24-47-25-18-35-55(61(47)53)54-31-13-15-38-59(54)64(50-42-40-46(41-43-50)52-33-16-23-44-22-10-11-30-51(44)52)60-39-19-37-58-62(60)56-32-12-14-36-57(56)63(58,48-26-6-2-7-27-48)49-28-8-3-9-29-49/h1-43H. The lowest BCUT2D eigenvalue weighted by molar-refractivity contribution is 0.768. The van der Waals surface area contributed by atoms with Crippen molar-refractivity contribution < 1.29 is 0 Å². The van der Waals surface area contributed by atoms with Crippen molar-refractivity contribution in [1.29, 1.82) is 0 Å². The molecule has 1 heteroatoms. The number of rotatable bonds is 8. The summed E-state index contributed by atoms with van der Waals surface area (Å²) in [6, 6.07) is 95.9. The number of para-hydroxylation sites is 1. The number of benzene rings is 11. The molecule has 0 aromatic heterocycles. The second-order valence-electron chi connectivity index (χ2n) is 16.7. The van der Waals surface area contributed by atoms with Gasteiger partial charge in [0.25, 0.3) is 0 Å². The Hall–Kier alpha value is -8.26. The van der Waals surface area contributed by atoms with E-state index in [2.05, 4.69) is 266 Å². The highest BCUT2D eigenvalue weighted by Gasteiger charge is 2.47. The van der Waals surface area contributed by atoms with Crippen molar-refractivity contribution in [3.63, 3.8) is 0 Å². The molecular formula is C63H43N. The number of nitrogens with zero attached hydrogens (tertiary/aromatic N) is 1. The van der Waals surface area contributed by atoms with Crippen molar-refractivity contribution in [1.82, 2.24) is 0 Å². The van der Waals surface area contributed by atoms with Crippen LogP contribution in [0.25, 0.3) is 66.1 Å². The molecule has 11 aromatic rings. The van der Waals surface area contributed by atoms with Crippen LogP contribution in [0.4, 0.5) is 17.1 Å². The van der Waals surface area contributed by atoms with Crippen LogP contribution in [0.1, 0.15) is 22.3 Å². The molecule has 0 aliphatic heterocycles. The summed E-state index contributed by atoms with van der Waals surface area (Å²) < 4.78 is 0. The highest BCUT2D eigenvalue weighted by molar-refractivity contribution is 6.09. The Morgan fingerprint density at radius 3 is 1.50 bits per heavy atom. The first-order valence-electron chi connectivity index (χ1n) is 22.2. The van der Waals surface area contributed by atoms with Gasteiger partial charge in [0.2, 0.25) is 0 Å². The second-order valence-corrected chi connectivity index (χ2v) is 16.7. The Morgan fingerprint density at radius 1 is 0.281 bits per heavy atom. The van der Waals surface area contributed by atoms with Crippen molar-refractivity contribution in [3.8, 4) is 44.5 Å². The fourth-order valence-corrected chi connectivity index (χ4v) is 10.7. The van der Waals surface area contributed by atoms with Gasteiger partial charge in [-0.25, -0.2) is 0 Å². The molecule has 0 saturated heterocycles. The molecule has 0 saturated carbocycles. The zero-order valence-corrected chi connectivity index (χ0v) is 35.3. The summed E-state index contributed by atoms with van der Waals surface area (Å²) in [6.45, 7) is 0. The molecule has 64 heavy (non-hydrogen) atoms. The molecule has 0 heterocycles. The van der Waals surface area contributed by atoms with Crippen molar-refractivity contribution >= 4 is 38.6 Å². The van der Waals surface area contributed by atoms with Crippen LogP contribution in [0, 0.1) is 0 Å². The zero-order valence-electron chi connectivity index (χ0n) is 35.3. The molecule has 0 N–H and O–H groups in total. The second kappa shape index (κ2) is 15.6. The first-order chi connectivity index (χ1) is 31.8. The van der Waals surface area contributed by atoms with Crippen LogP contribution in [-0.2, 0) is 5.41 Å².